The largest absolute Gasteiger partial charge is 0.373 e. The zero-order chi connectivity index (χ0) is 20.4. The van der Waals surface area contributed by atoms with Crippen LogP contribution in [0.3, 0.4) is 0 Å². The fourth-order valence-electron chi connectivity index (χ4n) is 4.47. The highest BCUT2D eigenvalue weighted by Gasteiger charge is 2.29. The Morgan fingerprint density at radius 1 is 0.967 bits per heavy atom. The molecule has 0 spiro atoms. The van der Waals surface area contributed by atoms with Crippen molar-refractivity contribution in [3.8, 4) is 0 Å². The SMILES string of the molecule is Cl.O=C1CCC(Nc2cc(F)c(N3CCN(C4CCNCC4)CC3)c(F)c2)C(=O)N1. The number of amides is 2. The molecule has 7 nitrogen and oxygen atoms in total. The number of nitrogens with zero attached hydrogens (tertiary/aromatic N) is 2. The number of rotatable bonds is 4. The first-order chi connectivity index (χ1) is 14.0. The monoisotopic (exact) mass is 443 g/mol. The number of carbonyl (C=O) groups excluding carboxylic acids is 2. The van der Waals surface area contributed by atoms with Crippen molar-refractivity contribution >= 4 is 35.6 Å². The van der Waals surface area contributed by atoms with Gasteiger partial charge in [-0.1, -0.05) is 0 Å². The van der Waals surface area contributed by atoms with E-state index in [-0.39, 0.29) is 36.1 Å². The number of hydrogen-bond acceptors (Lipinski definition) is 6. The third kappa shape index (κ3) is 5.01. The molecule has 3 aliphatic heterocycles. The third-order valence-corrected chi connectivity index (χ3v) is 6.05. The lowest BCUT2D eigenvalue weighted by atomic mass is 10.0. The van der Waals surface area contributed by atoms with Crippen molar-refractivity contribution in [2.75, 3.05) is 49.5 Å². The van der Waals surface area contributed by atoms with Crippen LogP contribution >= 0.6 is 12.4 Å². The van der Waals surface area contributed by atoms with Gasteiger partial charge < -0.3 is 15.5 Å². The zero-order valence-corrected chi connectivity index (χ0v) is 17.6. The van der Waals surface area contributed by atoms with Crippen molar-refractivity contribution in [2.24, 2.45) is 0 Å². The highest BCUT2D eigenvalue weighted by Crippen LogP contribution is 2.29. The summed E-state index contributed by atoms with van der Waals surface area (Å²) in [5, 5.41) is 8.42. The fraction of sp³-hybridized carbons (Fsp3) is 0.600. The molecule has 0 aromatic heterocycles. The molecule has 10 heteroatoms. The zero-order valence-electron chi connectivity index (χ0n) is 16.8. The highest BCUT2D eigenvalue weighted by molar-refractivity contribution is 6.01. The van der Waals surface area contributed by atoms with Crippen molar-refractivity contribution in [2.45, 2.75) is 37.8 Å². The molecule has 3 heterocycles. The Kier molecular flexibility index (Phi) is 7.49. The number of piperazine rings is 1. The van der Waals surface area contributed by atoms with Crippen LogP contribution in [0.2, 0.25) is 0 Å². The summed E-state index contributed by atoms with van der Waals surface area (Å²) >= 11 is 0. The molecule has 3 N–H and O–H groups in total. The molecule has 30 heavy (non-hydrogen) atoms. The summed E-state index contributed by atoms with van der Waals surface area (Å²) in [5.74, 6) is -2.09. The molecule has 1 atom stereocenters. The summed E-state index contributed by atoms with van der Waals surface area (Å²) in [6, 6.07) is 2.32. The lowest BCUT2D eigenvalue weighted by Gasteiger charge is -2.41. The normalized spacial score (nSPS) is 23.7. The van der Waals surface area contributed by atoms with E-state index >= 15 is 0 Å². The van der Waals surface area contributed by atoms with Crippen LogP contribution in [0.15, 0.2) is 12.1 Å². The average Bonchev–Trinajstić information content (AvgIpc) is 2.71. The molecule has 2 amide bonds. The molecule has 0 bridgehead atoms. The number of benzene rings is 1. The Morgan fingerprint density at radius 3 is 2.20 bits per heavy atom. The summed E-state index contributed by atoms with van der Waals surface area (Å²) in [5.41, 5.74) is 0.190. The Balaban J connectivity index is 0.00000256. The molecule has 0 radical (unpaired) electrons. The van der Waals surface area contributed by atoms with Crippen LogP contribution < -0.4 is 20.9 Å². The van der Waals surface area contributed by atoms with E-state index < -0.39 is 23.6 Å². The number of carbonyl (C=O) groups is 2. The van der Waals surface area contributed by atoms with Gasteiger partial charge in [0.25, 0.3) is 0 Å². The minimum Gasteiger partial charge on any atom is -0.373 e. The van der Waals surface area contributed by atoms with Gasteiger partial charge in [-0.05, 0) is 44.5 Å². The Labute approximate surface area is 180 Å². The van der Waals surface area contributed by atoms with Crippen LogP contribution in [0.4, 0.5) is 20.2 Å². The molecular weight excluding hydrogens is 416 g/mol. The minimum absolute atomic E-state index is 0. The van der Waals surface area contributed by atoms with Crippen LogP contribution in [0.25, 0.3) is 0 Å². The lowest BCUT2D eigenvalue weighted by Crippen LogP contribution is -2.53. The first-order valence-electron chi connectivity index (χ1n) is 10.3. The predicted octanol–water partition coefficient (Wildman–Crippen LogP) is 1.48. The molecule has 3 aliphatic rings. The highest BCUT2D eigenvalue weighted by atomic mass is 35.5. The van der Waals surface area contributed by atoms with E-state index in [1.165, 1.54) is 12.1 Å². The predicted molar refractivity (Wildman–Crippen MR) is 113 cm³/mol. The molecule has 3 fully saturated rings. The number of piperidine rings is 2. The first kappa shape index (κ1) is 22.7. The average molecular weight is 444 g/mol. The first-order valence-corrected chi connectivity index (χ1v) is 10.3. The van der Waals surface area contributed by atoms with Gasteiger partial charge in [0.1, 0.15) is 11.7 Å². The van der Waals surface area contributed by atoms with Gasteiger partial charge in [-0.25, -0.2) is 8.78 Å². The second kappa shape index (κ2) is 9.89. The third-order valence-electron chi connectivity index (χ3n) is 6.05. The summed E-state index contributed by atoms with van der Waals surface area (Å²) < 4.78 is 29.5. The van der Waals surface area contributed by atoms with Crippen molar-refractivity contribution in [1.29, 1.82) is 0 Å². The van der Waals surface area contributed by atoms with E-state index in [1.807, 2.05) is 0 Å². The van der Waals surface area contributed by atoms with Crippen LogP contribution in [0, 0.1) is 11.6 Å². The summed E-state index contributed by atoms with van der Waals surface area (Å²) in [4.78, 5) is 27.3. The Morgan fingerprint density at radius 2 is 1.60 bits per heavy atom. The molecule has 0 saturated carbocycles. The van der Waals surface area contributed by atoms with E-state index in [9.17, 15) is 18.4 Å². The van der Waals surface area contributed by atoms with Crippen molar-refractivity contribution in [3.63, 3.8) is 0 Å². The second-order valence-electron chi connectivity index (χ2n) is 7.94. The van der Waals surface area contributed by atoms with Crippen LogP contribution in [-0.4, -0.2) is 68.1 Å². The molecule has 3 saturated heterocycles. The van der Waals surface area contributed by atoms with Gasteiger partial charge in [0, 0.05) is 44.3 Å². The lowest BCUT2D eigenvalue weighted by molar-refractivity contribution is -0.133. The van der Waals surface area contributed by atoms with Crippen molar-refractivity contribution in [1.82, 2.24) is 15.5 Å². The quantitative estimate of drug-likeness (QED) is 0.612. The van der Waals surface area contributed by atoms with E-state index in [0.29, 0.717) is 25.6 Å². The molecule has 1 aromatic rings. The van der Waals surface area contributed by atoms with E-state index in [1.54, 1.807) is 4.90 Å². The summed E-state index contributed by atoms with van der Waals surface area (Å²) in [6.07, 6.45) is 2.73. The molecule has 1 unspecified atom stereocenters. The summed E-state index contributed by atoms with van der Waals surface area (Å²) in [7, 11) is 0. The van der Waals surface area contributed by atoms with E-state index in [4.69, 9.17) is 0 Å². The van der Waals surface area contributed by atoms with Crippen LogP contribution in [0.5, 0.6) is 0 Å². The van der Waals surface area contributed by atoms with E-state index in [2.05, 4.69) is 20.9 Å². The standard InChI is InChI=1S/C20H27F2N5O2.ClH/c21-15-11-13(24-17-1-2-18(28)25-20(17)29)12-16(22)19(15)27-9-7-26(8-10-27)14-3-5-23-6-4-14;/h11-12,14,17,23-24H,1-10H2,(H,25,28,29);1H. The van der Waals surface area contributed by atoms with Gasteiger partial charge in [0.15, 0.2) is 11.6 Å². The van der Waals surface area contributed by atoms with Gasteiger partial charge in [-0.2, -0.15) is 0 Å². The van der Waals surface area contributed by atoms with Crippen LogP contribution in [0.1, 0.15) is 25.7 Å². The summed E-state index contributed by atoms with van der Waals surface area (Å²) in [6.45, 7) is 4.79. The maximum Gasteiger partial charge on any atom is 0.249 e. The van der Waals surface area contributed by atoms with Crippen LogP contribution in [-0.2, 0) is 9.59 Å². The number of imide groups is 1. The minimum atomic E-state index is -0.675. The van der Waals surface area contributed by atoms with Gasteiger partial charge in [0.05, 0.1) is 0 Å². The Bertz CT molecular complexity index is 759. The van der Waals surface area contributed by atoms with Gasteiger partial charge >= 0.3 is 0 Å². The van der Waals surface area contributed by atoms with Gasteiger partial charge in [0.2, 0.25) is 11.8 Å². The Hall–Kier alpha value is -1.97. The topological polar surface area (TPSA) is 76.7 Å². The molecule has 0 aliphatic carbocycles. The smallest absolute Gasteiger partial charge is 0.249 e. The molecular formula is C20H28ClF2N5O2. The molecule has 4 rings (SSSR count). The second-order valence-corrected chi connectivity index (χ2v) is 7.94. The molecule has 1 aromatic carbocycles. The number of hydrogen-bond donors (Lipinski definition) is 3. The van der Waals surface area contributed by atoms with Crippen molar-refractivity contribution < 1.29 is 18.4 Å². The fourth-order valence-corrected chi connectivity index (χ4v) is 4.47. The maximum absolute atomic E-state index is 14.8. The maximum atomic E-state index is 14.8. The number of halogens is 3. The molecule has 166 valence electrons. The number of anilines is 2. The van der Waals surface area contributed by atoms with Crippen molar-refractivity contribution in [3.05, 3.63) is 23.8 Å². The van der Waals surface area contributed by atoms with E-state index in [0.717, 1.165) is 39.0 Å². The van der Waals surface area contributed by atoms with Gasteiger partial charge in [-0.15, -0.1) is 12.4 Å². The van der Waals surface area contributed by atoms with Gasteiger partial charge in [-0.3, -0.25) is 19.8 Å². The number of nitrogens with one attached hydrogen (secondary N) is 3.